The molecule has 3 nitrogen and oxygen atoms in total. The van der Waals surface area contributed by atoms with Crippen LogP contribution in [0, 0.1) is 5.92 Å². The summed E-state index contributed by atoms with van der Waals surface area (Å²) in [4.78, 5) is 1.01. The number of hydrogen-bond donors (Lipinski definition) is 1. The molecule has 0 amide bonds. The Kier molecular flexibility index (Phi) is 4.20. The lowest BCUT2D eigenvalue weighted by molar-refractivity contribution is 0.418. The molecule has 0 aromatic carbocycles. The SMILES string of the molecule is CC(C)CNCc1cc(-c2ccc(Cl)s2)on1. The van der Waals surface area contributed by atoms with Gasteiger partial charge in [-0.1, -0.05) is 30.6 Å². The largest absolute Gasteiger partial charge is 0.355 e. The summed E-state index contributed by atoms with van der Waals surface area (Å²) in [5.41, 5.74) is 0.921. The van der Waals surface area contributed by atoms with Gasteiger partial charge in [0, 0.05) is 12.6 Å². The lowest BCUT2D eigenvalue weighted by atomic mass is 10.2. The van der Waals surface area contributed by atoms with E-state index in [1.165, 1.54) is 11.3 Å². The molecule has 17 heavy (non-hydrogen) atoms. The lowest BCUT2D eigenvalue weighted by Crippen LogP contribution is -2.18. The van der Waals surface area contributed by atoms with Crippen LogP contribution in [-0.4, -0.2) is 11.7 Å². The third-order valence-corrected chi connectivity index (χ3v) is 3.48. The summed E-state index contributed by atoms with van der Waals surface area (Å²) in [6, 6.07) is 5.76. The fraction of sp³-hybridized carbons (Fsp3) is 0.417. The topological polar surface area (TPSA) is 38.1 Å². The van der Waals surface area contributed by atoms with Crippen molar-refractivity contribution in [3.63, 3.8) is 0 Å². The zero-order chi connectivity index (χ0) is 12.3. The monoisotopic (exact) mass is 270 g/mol. The summed E-state index contributed by atoms with van der Waals surface area (Å²) >= 11 is 7.37. The van der Waals surface area contributed by atoms with Crippen LogP contribution in [0.1, 0.15) is 19.5 Å². The second-order valence-corrected chi connectivity index (χ2v) is 6.03. The number of hydrogen-bond acceptors (Lipinski definition) is 4. The number of aromatic nitrogens is 1. The molecular weight excluding hydrogens is 256 g/mol. The summed E-state index contributed by atoms with van der Waals surface area (Å²) in [6.45, 7) is 6.07. The highest BCUT2D eigenvalue weighted by Gasteiger charge is 2.08. The van der Waals surface area contributed by atoms with E-state index in [-0.39, 0.29) is 0 Å². The minimum Gasteiger partial charge on any atom is -0.355 e. The van der Waals surface area contributed by atoms with Gasteiger partial charge < -0.3 is 9.84 Å². The molecule has 2 aromatic heterocycles. The Morgan fingerprint density at radius 3 is 2.94 bits per heavy atom. The summed E-state index contributed by atoms with van der Waals surface area (Å²) in [6.07, 6.45) is 0. The van der Waals surface area contributed by atoms with Crippen LogP contribution in [-0.2, 0) is 6.54 Å². The van der Waals surface area contributed by atoms with Gasteiger partial charge in [0.05, 0.1) is 14.9 Å². The number of rotatable bonds is 5. The van der Waals surface area contributed by atoms with Crippen LogP contribution in [0.15, 0.2) is 22.7 Å². The van der Waals surface area contributed by atoms with Crippen LogP contribution in [0.4, 0.5) is 0 Å². The van der Waals surface area contributed by atoms with Crippen LogP contribution in [0.5, 0.6) is 0 Å². The zero-order valence-electron chi connectivity index (χ0n) is 9.87. The number of thiophene rings is 1. The Morgan fingerprint density at radius 2 is 2.29 bits per heavy atom. The molecule has 0 spiro atoms. The molecular formula is C12H15ClN2OS. The van der Waals surface area contributed by atoms with E-state index in [9.17, 15) is 0 Å². The Morgan fingerprint density at radius 1 is 1.47 bits per heavy atom. The molecule has 0 saturated carbocycles. The minimum atomic E-state index is 0.637. The molecule has 0 aliphatic carbocycles. The summed E-state index contributed by atoms with van der Waals surface area (Å²) < 4.78 is 6.04. The first-order valence-electron chi connectivity index (χ1n) is 5.57. The molecule has 0 bridgehead atoms. The Hall–Kier alpha value is -0.840. The van der Waals surface area contributed by atoms with Crippen molar-refractivity contribution in [2.45, 2.75) is 20.4 Å². The maximum atomic E-state index is 5.88. The Bertz CT molecular complexity index is 478. The van der Waals surface area contributed by atoms with E-state index in [1.807, 2.05) is 18.2 Å². The highest BCUT2D eigenvalue weighted by Crippen LogP contribution is 2.31. The van der Waals surface area contributed by atoms with Crippen molar-refractivity contribution in [2.24, 2.45) is 5.92 Å². The first kappa shape index (κ1) is 12.6. The highest BCUT2D eigenvalue weighted by molar-refractivity contribution is 7.19. The van der Waals surface area contributed by atoms with Gasteiger partial charge in [-0.3, -0.25) is 0 Å². The highest BCUT2D eigenvalue weighted by atomic mass is 35.5. The van der Waals surface area contributed by atoms with Gasteiger partial charge in [0.15, 0.2) is 5.76 Å². The average Bonchev–Trinajstić information content (AvgIpc) is 2.86. The first-order chi connectivity index (χ1) is 8.15. The van der Waals surface area contributed by atoms with Crippen molar-refractivity contribution >= 4 is 22.9 Å². The summed E-state index contributed by atoms with van der Waals surface area (Å²) in [5, 5.41) is 7.35. The standard InChI is InChI=1S/C12H15ClN2OS/c1-8(2)6-14-7-9-5-10(16-15-9)11-3-4-12(13)17-11/h3-5,8,14H,6-7H2,1-2H3. The summed E-state index contributed by atoms with van der Waals surface area (Å²) in [5.74, 6) is 1.42. The van der Waals surface area contributed by atoms with Crippen molar-refractivity contribution in [3.05, 3.63) is 28.2 Å². The van der Waals surface area contributed by atoms with Gasteiger partial charge in [-0.2, -0.15) is 0 Å². The van der Waals surface area contributed by atoms with E-state index in [0.717, 1.165) is 33.8 Å². The van der Waals surface area contributed by atoms with E-state index in [2.05, 4.69) is 24.3 Å². The van der Waals surface area contributed by atoms with E-state index in [0.29, 0.717) is 5.92 Å². The normalized spacial score (nSPS) is 11.3. The molecule has 0 aliphatic heterocycles. The Labute approximate surface area is 110 Å². The van der Waals surface area contributed by atoms with Gasteiger partial charge in [0.25, 0.3) is 0 Å². The molecule has 0 fully saturated rings. The van der Waals surface area contributed by atoms with Gasteiger partial charge in [0.2, 0.25) is 0 Å². The average molecular weight is 271 g/mol. The fourth-order valence-corrected chi connectivity index (χ4v) is 2.44. The van der Waals surface area contributed by atoms with Crippen LogP contribution in [0.3, 0.4) is 0 Å². The van der Waals surface area contributed by atoms with Crippen molar-refractivity contribution in [1.82, 2.24) is 10.5 Å². The number of nitrogens with one attached hydrogen (secondary N) is 1. The second-order valence-electron chi connectivity index (χ2n) is 4.31. The predicted molar refractivity (Wildman–Crippen MR) is 71.4 cm³/mol. The van der Waals surface area contributed by atoms with Gasteiger partial charge in [0.1, 0.15) is 0 Å². The smallest absolute Gasteiger partial charge is 0.177 e. The summed E-state index contributed by atoms with van der Waals surface area (Å²) in [7, 11) is 0. The van der Waals surface area contributed by atoms with Gasteiger partial charge >= 0.3 is 0 Å². The molecule has 2 heterocycles. The first-order valence-corrected chi connectivity index (χ1v) is 6.76. The zero-order valence-corrected chi connectivity index (χ0v) is 11.4. The molecule has 2 rings (SSSR count). The van der Waals surface area contributed by atoms with E-state index < -0.39 is 0 Å². The molecule has 5 heteroatoms. The van der Waals surface area contributed by atoms with Crippen molar-refractivity contribution in [3.8, 4) is 10.6 Å². The number of nitrogens with zero attached hydrogens (tertiary/aromatic N) is 1. The predicted octanol–water partition coefficient (Wildman–Crippen LogP) is 3.80. The molecule has 92 valence electrons. The van der Waals surface area contributed by atoms with Crippen LogP contribution in [0.2, 0.25) is 4.34 Å². The van der Waals surface area contributed by atoms with E-state index in [1.54, 1.807) is 0 Å². The molecule has 2 aromatic rings. The minimum absolute atomic E-state index is 0.637. The second kappa shape index (κ2) is 5.67. The van der Waals surface area contributed by atoms with Crippen LogP contribution >= 0.6 is 22.9 Å². The maximum Gasteiger partial charge on any atom is 0.177 e. The van der Waals surface area contributed by atoms with Crippen molar-refractivity contribution in [1.29, 1.82) is 0 Å². The van der Waals surface area contributed by atoms with Crippen molar-refractivity contribution in [2.75, 3.05) is 6.54 Å². The van der Waals surface area contributed by atoms with Crippen molar-refractivity contribution < 1.29 is 4.52 Å². The maximum absolute atomic E-state index is 5.88. The van der Waals surface area contributed by atoms with Gasteiger partial charge in [-0.25, -0.2) is 0 Å². The van der Waals surface area contributed by atoms with Gasteiger partial charge in [-0.15, -0.1) is 11.3 Å². The van der Waals surface area contributed by atoms with Crippen LogP contribution < -0.4 is 5.32 Å². The molecule has 1 N–H and O–H groups in total. The molecule has 0 unspecified atom stereocenters. The van der Waals surface area contributed by atoms with E-state index >= 15 is 0 Å². The Balaban J connectivity index is 1.96. The lowest BCUT2D eigenvalue weighted by Gasteiger charge is -2.03. The fourth-order valence-electron chi connectivity index (χ4n) is 1.45. The molecule has 0 atom stereocenters. The third-order valence-electron chi connectivity index (χ3n) is 2.23. The third kappa shape index (κ3) is 3.56. The molecule has 0 aliphatic rings. The molecule has 0 saturated heterocycles. The number of halogens is 1. The van der Waals surface area contributed by atoms with E-state index in [4.69, 9.17) is 16.1 Å². The quantitative estimate of drug-likeness (QED) is 0.898. The van der Waals surface area contributed by atoms with Gasteiger partial charge in [-0.05, 0) is 24.6 Å². The molecule has 0 radical (unpaired) electrons. The van der Waals surface area contributed by atoms with Crippen LogP contribution in [0.25, 0.3) is 10.6 Å².